The average molecular weight is 631 g/mol. The number of benzene rings is 3. The largest absolute Gasteiger partial charge is 0.497 e. The van der Waals surface area contributed by atoms with Crippen molar-refractivity contribution in [3.8, 4) is 33.9 Å². The highest BCUT2D eigenvalue weighted by Crippen LogP contribution is 2.43. The summed E-state index contributed by atoms with van der Waals surface area (Å²) in [7, 11) is 3.19. The Morgan fingerprint density at radius 1 is 0.956 bits per heavy atom. The summed E-state index contributed by atoms with van der Waals surface area (Å²) in [5.74, 6) is 0.775. The molecule has 0 saturated heterocycles. The molecule has 11 nitrogen and oxygen atoms in total. The van der Waals surface area contributed by atoms with Gasteiger partial charge in [-0.2, -0.15) is 0 Å². The molecule has 0 aliphatic heterocycles. The summed E-state index contributed by atoms with van der Waals surface area (Å²) in [5.41, 5.74) is 4.52. The van der Waals surface area contributed by atoms with Crippen LogP contribution in [0, 0.1) is 0 Å². The maximum atomic E-state index is 13.6. The van der Waals surface area contributed by atoms with Gasteiger partial charge in [0.25, 0.3) is 0 Å². The molecule has 5 rings (SSSR count). The second-order valence-corrected chi connectivity index (χ2v) is 11.5. The number of methoxy groups -OCH3 is 2. The minimum absolute atomic E-state index is 0.00996. The van der Waals surface area contributed by atoms with Crippen LogP contribution in [0.25, 0.3) is 22.4 Å². The van der Waals surface area contributed by atoms with Gasteiger partial charge in [0.05, 0.1) is 26.0 Å². The summed E-state index contributed by atoms with van der Waals surface area (Å²) in [6.45, 7) is 4.21. The van der Waals surface area contributed by atoms with Crippen LogP contribution in [0.1, 0.15) is 35.3 Å². The van der Waals surface area contributed by atoms with Crippen LogP contribution in [0.2, 0.25) is 0 Å². The fraction of sp³-hybridized carbons (Fsp3) is 0.219. The number of nitrogens with zero attached hydrogens (tertiary/aromatic N) is 6. The summed E-state index contributed by atoms with van der Waals surface area (Å²) < 4.78 is 24.6. The molecular weight excluding hydrogens is 599 g/mol. The van der Waals surface area contributed by atoms with Gasteiger partial charge in [0.15, 0.2) is 0 Å². The van der Waals surface area contributed by atoms with Gasteiger partial charge in [-0.1, -0.05) is 64.9 Å². The molecule has 2 aromatic heterocycles. The Balaban J connectivity index is 1.47. The van der Waals surface area contributed by atoms with E-state index in [1.165, 1.54) is 24.9 Å². The summed E-state index contributed by atoms with van der Waals surface area (Å²) in [4.78, 5) is 34.3. The van der Waals surface area contributed by atoms with Crippen LogP contribution in [-0.4, -0.2) is 55.8 Å². The topological polar surface area (TPSA) is 114 Å². The van der Waals surface area contributed by atoms with Crippen LogP contribution >= 0.6 is 11.8 Å². The van der Waals surface area contributed by atoms with Crippen molar-refractivity contribution in [1.29, 1.82) is 0 Å². The standard InChI is InChI=1S/C32H31FN6O5S/c1-21(2)45-31-25(10-13-29(42-4)30(31)24-7-5-6-23(14-24)28-17-38(33)37-36-28)19-44-39(32(40)26-15-34-20-35-16-26)43-18-22-8-11-27(41-3)12-9-22/h5-17,20-21H,18-19H2,1-4H3. The smallest absolute Gasteiger partial charge is 0.307 e. The third-order valence-corrected chi connectivity index (χ3v) is 7.68. The van der Waals surface area contributed by atoms with Crippen LogP contribution in [0.5, 0.6) is 11.5 Å². The van der Waals surface area contributed by atoms with E-state index in [4.69, 9.17) is 19.1 Å². The number of carbonyl (C=O) groups is 1. The van der Waals surface area contributed by atoms with E-state index in [1.807, 2.05) is 48.5 Å². The second kappa shape index (κ2) is 14.8. The van der Waals surface area contributed by atoms with Gasteiger partial charge >= 0.3 is 5.91 Å². The molecular formula is C32H31FN6O5S. The Kier molecular flexibility index (Phi) is 10.3. The first-order valence-electron chi connectivity index (χ1n) is 13.9. The predicted molar refractivity (Wildman–Crippen MR) is 166 cm³/mol. The summed E-state index contributed by atoms with van der Waals surface area (Å²) >= 11 is 1.62. The summed E-state index contributed by atoms with van der Waals surface area (Å²) in [6, 6.07) is 18.6. The van der Waals surface area contributed by atoms with Gasteiger partial charge in [-0.05, 0) is 46.2 Å². The number of hydroxylamine groups is 2. The molecule has 0 bridgehead atoms. The average Bonchev–Trinajstić information content (AvgIpc) is 3.51. The summed E-state index contributed by atoms with van der Waals surface area (Å²) in [5, 5.41) is 8.37. The van der Waals surface area contributed by atoms with Gasteiger partial charge in [0.1, 0.15) is 36.7 Å². The lowest BCUT2D eigenvalue weighted by Gasteiger charge is -2.23. The highest BCUT2D eigenvalue weighted by molar-refractivity contribution is 8.00. The first-order valence-corrected chi connectivity index (χ1v) is 14.8. The molecule has 0 saturated carbocycles. The van der Waals surface area contributed by atoms with E-state index in [9.17, 15) is 9.28 Å². The number of ether oxygens (including phenoxy) is 2. The molecule has 3 aromatic carbocycles. The Labute approximate surface area is 263 Å². The Morgan fingerprint density at radius 2 is 1.69 bits per heavy atom. The lowest BCUT2D eigenvalue weighted by Crippen LogP contribution is -2.31. The molecule has 0 N–H and O–H groups in total. The van der Waals surface area contributed by atoms with Gasteiger partial charge in [0, 0.05) is 33.7 Å². The minimum atomic E-state index is -0.565. The molecule has 13 heteroatoms. The number of aromatic nitrogens is 5. The number of hydrogen-bond donors (Lipinski definition) is 0. The molecule has 5 aromatic rings. The Morgan fingerprint density at radius 3 is 2.36 bits per heavy atom. The number of amides is 1. The fourth-order valence-electron chi connectivity index (χ4n) is 4.40. The monoisotopic (exact) mass is 630 g/mol. The molecule has 45 heavy (non-hydrogen) atoms. The quantitative estimate of drug-likeness (QED) is 0.108. The number of carbonyl (C=O) groups excluding carboxylic acids is 1. The zero-order chi connectivity index (χ0) is 31.8. The number of rotatable bonds is 13. The molecule has 0 unspecified atom stereocenters. The van der Waals surface area contributed by atoms with Gasteiger partial charge in [-0.15, -0.1) is 16.9 Å². The third kappa shape index (κ3) is 7.81. The van der Waals surface area contributed by atoms with E-state index < -0.39 is 5.91 Å². The molecule has 1 amide bonds. The molecule has 0 fully saturated rings. The van der Waals surface area contributed by atoms with E-state index >= 15 is 0 Å². The Bertz CT molecular complexity index is 1740. The molecule has 232 valence electrons. The van der Waals surface area contributed by atoms with Crippen LogP contribution in [0.3, 0.4) is 0 Å². The van der Waals surface area contributed by atoms with Crippen molar-refractivity contribution >= 4 is 17.7 Å². The molecule has 0 aliphatic carbocycles. The van der Waals surface area contributed by atoms with Crippen LogP contribution in [0.4, 0.5) is 4.48 Å². The third-order valence-electron chi connectivity index (χ3n) is 6.51. The zero-order valence-corrected chi connectivity index (χ0v) is 25.9. The minimum Gasteiger partial charge on any atom is -0.497 e. The zero-order valence-electron chi connectivity index (χ0n) is 25.1. The SMILES string of the molecule is COc1ccc(CON(OCc2ccc(OC)c(-c3cccc(-c4cn(F)nn4)c3)c2SC(C)C)C(=O)c2cncnc2)cc1. The van der Waals surface area contributed by atoms with E-state index in [2.05, 4.69) is 34.1 Å². The van der Waals surface area contributed by atoms with Crippen LogP contribution < -0.4 is 9.47 Å². The summed E-state index contributed by atoms with van der Waals surface area (Å²) in [6.07, 6.45) is 5.33. The molecule has 0 aliphatic rings. The number of thioether (sulfide) groups is 1. The second-order valence-electron chi connectivity index (χ2n) is 9.96. The predicted octanol–water partition coefficient (Wildman–Crippen LogP) is 6.36. The first-order chi connectivity index (χ1) is 21.9. The fourth-order valence-corrected chi connectivity index (χ4v) is 5.48. The molecule has 0 spiro atoms. The Hall–Kier alpha value is -4.85. The maximum absolute atomic E-state index is 13.6. The van der Waals surface area contributed by atoms with Crippen molar-refractivity contribution in [2.24, 2.45) is 0 Å². The molecule has 0 radical (unpaired) electrons. The van der Waals surface area contributed by atoms with Gasteiger partial charge in [-0.3, -0.25) is 4.79 Å². The van der Waals surface area contributed by atoms with Gasteiger partial charge in [0.2, 0.25) is 0 Å². The van der Waals surface area contributed by atoms with E-state index in [1.54, 1.807) is 38.1 Å². The van der Waals surface area contributed by atoms with E-state index in [-0.39, 0.29) is 28.9 Å². The lowest BCUT2D eigenvalue weighted by atomic mass is 9.99. The highest BCUT2D eigenvalue weighted by atomic mass is 32.2. The van der Waals surface area contributed by atoms with Crippen LogP contribution in [-0.2, 0) is 22.9 Å². The molecule has 0 atom stereocenters. The van der Waals surface area contributed by atoms with Crippen molar-refractivity contribution in [2.45, 2.75) is 37.2 Å². The van der Waals surface area contributed by atoms with Gasteiger partial charge in [-0.25, -0.2) is 19.6 Å². The van der Waals surface area contributed by atoms with Crippen molar-refractivity contribution in [3.63, 3.8) is 0 Å². The van der Waals surface area contributed by atoms with E-state index in [0.717, 1.165) is 32.4 Å². The first kappa shape index (κ1) is 31.6. The maximum Gasteiger partial charge on any atom is 0.307 e. The number of halogens is 1. The van der Waals surface area contributed by atoms with Crippen molar-refractivity contribution in [1.82, 2.24) is 30.4 Å². The normalized spacial score (nSPS) is 11.1. The van der Waals surface area contributed by atoms with Crippen molar-refractivity contribution < 1.29 is 28.4 Å². The van der Waals surface area contributed by atoms with Crippen molar-refractivity contribution in [2.75, 3.05) is 14.2 Å². The lowest BCUT2D eigenvalue weighted by molar-refractivity contribution is -0.339. The van der Waals surface area contributed by atoms with Crippen molar-refractivity contribution in [3.05, 3.63) is 102 Å². The highest BCUT2D eigenvalue weighted by Gasteiger charge is 2.23. The van der Waals surface area contributed by atoms with Gasteiger partial charge < -0.3 is 9.47 Å². The van der Waals surface area contributed by atoms with E-state index in [0.29, 0.717) is 22.8 Å². The van der Waals surface area contributed by atoms with Crippen LogP contribution in [0.15, 0.2) is 90.5 Å². The number of hydrogen-bond acceptors (Lipinski definition) is 10. The molecule has 2 heterocycles.